The molecule has 0 bridgehead atoms. The van der Waals surface area contributed by atoms with Gasteiger partial charge in [-0.2, -0.15) is 0 Å². The van der Waals surface area contributed by atoms with Crippen molar-refractivity contribution in [3.8, 4) is 0 Å². The van der Waals surface area contributed by atoms with Gasteiger partial charge in [0.05, 0.1) is 0 Å². The van der Waals surface area contributed by atoms with Crippen LogP contribution in [0.1, 0.15) is 39.7 Å². The molecule has 0 saturated carbocycles. The molecule has 104 valence electrons. The van der Waals surface area contributed by atoms with E-state index in [1.807, 2.05) is 33.8 Å². The Labute approximate surface area is 113 Å². The van der Waals surface area contributed by atoms with Crippen LogP contribution in [0.15, 0.2) is 18.3 Å². The Bertz CT molecular complexity index is 464. The topological polar surface area (TPSA) is 75.1 Å². The van der Waals surface area contributed by atoms with Crippen molar-refractivity contribution in [1.29, 1.82) is 5.41 Å². The third-order valence-corrected chi connectivity index (χ3v) is 2.31. The Morgan fingerprint density at radius 3 is 2.74 bits per heavy atom. The van der Waals surface area contributed by atoms with Gasteiger partial charge < -0.3 is 15.5 Å². The SMILES string of the molecule is CCC(=N)c1cccnc1NCC(=O)OC(C)(C)C. The van der Waals surface area contributed by atoms with Crippen LogP contribution >= 0.6 is 0 Å². The van der Waals surface area contributed by atoms with Crippen LogP contribution in [-0.4, -0.2) is 28.8 Å². The lowest BCUT2D eigenvalue weighted by molar-refractivity contribution is -0.152. The maximum absolute atomic E-state index is 11.6. The zero-order chi connectivity index (χ0) is 14.5. The van der Waals surface area contributed by atoms with Gasteiger partial charge in [0.15, 0.2) is 0 Å². The predicted molar refractivity (Wildman–Crippen MR) is 75.7 cm³/mol. The van der Waals surface area contributed by atoms with E-state index < -0.39 is 5.60 Å². The second-order valence-electron chi connectivity index (χ2n) is 5.17. The summed E-state index contributed by atoms with van der Waals surface area (Å²) in [5.41, 5.74) is 0.704. The number of nitrogens with one attached hydrogen (secondary N) is 2. The first-order valence-corrected chi connectivity index (χ1v) is 6.32. The number of esters is 1. The number of carbonyl (C=O) groups excluding carboxylic acids is 1. The van der Waals surface area contributed by atoms with Crippen LogP contribution in [0.25, 0.3) is 0 Å². The second-order valence-corrected chi connectivity index (χ2v) is 5.17. The largest absolute Gasteiger partial charge is 0.459 e. The van der Waals surface area contributed by atoms with E-state index in [0.717, 1.165) is 0 Å². The van der Waals surface area contributed by atoms with Crippen LogP contribution in [0.5, 0.6) is 0 Å². The molecule has 0 saturated heterocycles. The first-order chi connectivity index (χ1) is 8.83. The van der Waals surface area contributed by atoms with Gasteiger partial charge in [0.1, 0.15) is 18.0 Å². The molecule has 0 fully saturated rings. The smallest absolute Gasteiger partial charge is 0.325 e. The quantitative estimate of drug-likeness (QED) is 0.632. The standard InChI is InChI=1S/C14H21N3O2/c1-5-11(15)10-7-6-8-16-13(10)17-9-12(18)19-14(2,3)4/h6-8,15H,5,9H2,1-4H3,(H,16,17). The number of carbonyl (C=O) groups is 1. The fourth-order valence-corrected chi connectivity index (χ4v) is 1.51. The lowest BCUT2D eigenvalue weighted by Crippen LogP contribution is -2.28. The minimum atomic E-state index is -0.498. The summed E-state index contributed by atoms with van der Waals surface area (Å²) in [7, 11) is 0. The zero-order valence-electron chi connectivity index (χ0n) is 11.9. The molecule has 0 aliphatic heterocycles. The van der Waals surface area contributed by atoms with E-state index in [-0.39, 0.29) is 12.5 Å². The summed E-state index contributed by atoms with van der Waals surface area (Å²) in [6.07, 6.45) is 2.25. The highest BCUT2D eigenvalue weighted by atomic mass is 16.6. The molecule has 2 N–H and O–H groups in total. The Hall–Kier alpha value is -1.91. The lowest BCUT2D eigenvalue weighted by atomic mass is 10.1. The summed E-state index contributed by atoms with van der Waals surface area (Å²) in [5.74, 6) is 0.201. The molecule has 0 amide bonds. The van der Waals surface area contributed by atoms with Crippen molar-refractivity contribution in [3.63, 3.8) is 0 Å². The predicted octanol–water partition coefficient (Wildman–Crippen LogP) is 2.61. The highest BCUT2D eigenvalue weighted by Gasteiger charge is 2.16. The summed E-state index contributed by atoms with van der Waals surface area (Å²) in [4.78, 5) is 15.8. The Morgan fingerprint density at radius 2 is 2.16 bits per heavy atom. The van der Waals surface area contributed by atoms with E-state index in [1.54, 1.807) is 12.3 Å². The molecule has 0 atom stereocenters. The number of anilines is 1. The number of aromatic nitrogens is 1. The minimum absolute atomic E-state index is 0.0400. The fourth-order valence-electron chi connectivity index (χ4n) is 1.51. The van der Waals surface area contributed by atoms with Crippen molar-refractivity contribution >= 4 is 17.5 Å². The molecule has 0 unspecified atom stereocenters. The van der Waals surface area contributed by atoms with Crippen LogP contribution in [0.3, 0.4) is 0 Å². The number of hydrogen-bond acceptors (Lipinski definition) is 5. The first kappa shape index (κ1) is 15.1. The van der Waals surface area contributed by atoms with Crippen molar-refractivity contribution < 1.29 is 9.53 Å². The molecule has 0 spiro atoms. The Balaban J connectivity index is 2.68. The van der Waals surface area contributed by atoms with Crippen LogP contribution < -0.4 is 5.32 Å². The monoisotopic (exact) mass is 263 g/mol. The number of rotatable bonds is 5. The molecule has 1 rings (SSSR count). The van der Waals surface area contributed by atoms with Gasteiger partial charge >= 0.3 is 5.97 Å². The number of ether oxygens (including phenoxy) is 1. The van der Waals surface area contributed by atoms with Gasteiger partial charge in [0.2, 0.25) is 0 Å². The maximum atomic E-state index is 11.6. The second kappa shape index (κ2) is 6.31. The van der Waals surface area contributed by atoms with E-state index in [2.05, 4.69) is 10.3 Å². The third kappa shape index (κ3) is 5.07. The van der Waals surface area contributed by atoms with Gasteiger partial charge in [-0.1, -0.05) is 6.92 Å². The average Bonchev–Trinajstić information content (AvgIpc) is 2.33. The third-order valence-electron chi connectivity index (χ3n) is 2.31. The van der Waals surface area contributed by atoms with Crippen LogP contribution in [0.2, 0.25) is 0 Å². The summed E-state index contributed by atoms with van der Waals surface area (Å²) in [6, 6.07) is 3.59. The number of pyridine rings is 1. The van der Waals surface area contributed by atoms with E-state index in [4.69, 9.17) is 10.1 Å². The van der Waals surface area contributed by atoms with Crippen LogP contribution in [0.4, 0.5) is 5.82 Å². The maximum Gasteiger partial charge on any atom is 0.325 e. The normalized spacial score (nSPS) is 10.9. The molecule has 0 aliphatic carbocycles. The molecule has 1 aromatic heterocycles. The van der Waals surface area contributed by atoms with Gasteiger partial charge in [0, 0.05) is 17.5 Å². The summed E-state index contributed by atoms with van der Waals surface area (Å²) in [5, 5.41) is 10.8. The number of hydrogen-bond donors (Lipinski definition) is 2. The number of nitrogens with zero attached hydrogens (tertiary/aromatic N) is 1. The Kier molecular flexibility index (Phi) is 5.03. The van der Waals surface area contributed by atoms with Crippen molar-refractivity contribution in [2.75, 3.05) is 11.9 Å². The highest BCUT2D eigenvalue weighted by molar-refractivity contribution is 6.02. The van der Waals surface area contributed by atoms with Crippen LogP contribution in [0, 0.1) is 5.41 Å². The van der Waals surface area contributed by atoms with Gasteiger partial charge in [-0.15, -0.1) is 0 Å². The van der Waals surface area contributed by atoms with Crippen molar-refractivity contribution in [1.82, 2.24) is 4.98 Å². The molecule has 1 heterocycles. The molecule has 19 heavy (non-hydrogen) atoms. The zero-order valence-corrected chi connectivity index (χ0v) is 11.9. The molecule has 5 heteroatoms. The van der Waals surface area contributed by atoms with Gasteiger partial charge in [0.25, 0.3) is 0 Å². The summed E-state index contributed by atoms with van der Waals surface area (Å²) in [6.45, 7) is 7.42. The van der Waals surface area contributed by atoms with Crippen LogP contribution in [-0.2, 0) is 9.53 Å². The van der Waals surface area contributed by atoms with Gasteiger partial charge in [-0.25, -0.2) is 4.98 Å². The summed E-state index contributed by atoms with van der Waals surface area (Å²) >= 11 is 0. The lowest BCUT2D eigenvalue weighted by Gasteiger charge is -2.20. The average molecular weight is 263 g/mol. The highest BCUT2D eigenvalue weighted by Crippen LogP contribution is 2.14. The molecular formula is C14H21N3O2. The van der Waals surface area contributed by atoms with E-state index in [0.29, 0.717) is 23.5 Å². The van der Waals surface area contributed by atoms with E-state index in [9.17, 15) is 4.79 Å². The Morgan fingerprint density at radius 1 is 1.47 bits per heavy atom. The molecule has 1 aromatic rings. The van der Waals surface area contributed by atoms with Gasteiger partial charge in [-0.3, -0.25) is 4.79 Å². The molecule has 5 nitrogen and oxygen atoms in total. The fraction of sp³-hybridized carbons (Fsp3) is 0.500. The molecule has 0 aromatic carbocycles. The molecule has 0 aliphatic rings. The van der Waals surface area contributed by atoms with E-state index >= 15 is 0 Å². The van der Waals surface area contributed by atoms with Crippen molar-refractivity contribution in [3.05, 3.63) is 23.9 Å². The molecule has 0 radical (unpaired) electrons. The summed E-state index contributed by atoms with van der Waals surface area (Å²) < 4.78 is 5.20. The first-order valence-electron chi connectivity index (χ1n) is 6.32. The van der Waals surface area contributed by atoms with Crippen molar-refractivity contribution in [2.24, 2.45) is 0 Å². The van der Waals surface area contributed by atoms with Gasteiger partial charge in [-0.05, 0) is 39.3 Å². The molecular weight excluding hydrogens is 242 g/mol. The van der Waals surface area contributed by atoms with Crippen molar-refractivity contribution in [2.45, 2.75) is 39.7 Å². The van der Waals surface area contributed by atoms with E-state index in [1.165, 1.54) is 0 Å². The minimum Gasteiger partial charge on any atom is -0.459 e.